The van der Waals surface area contributed by atoms with Gasteiger partial charge in [-0.3, -0.25) is 4.98 Å². The molecule has 0 radical (unpaired) electrons. The summed E-state index contributed by atoms with van der Waals surface area (Å²) in [6, 6.07) is 15.0. The molecule has 0 saturated heterocycles. The van der Waals surface area contributed by atoms with Crippen LogP contribution in [-0.2, 0) is 0 Å². The quantitative estimate of drug-likeness (QED) is 0.543. The third-order valence-electron chi connectivity index (χ3n) is 3.84. The lowest BCUT2D eigenvalue weighted by Crippen LogP contribution is -1.92. The van der Waals surface area contributed by atoms with Crippen LogP contribution in [-0.4, -0.2) is 4.98 Å². The Bertz CT molecular complexity index is 757. The first-order valence-corrected chi connectivity index (χ1v) is 7.59. The molecule has 0 aliphatic rings. The highest BCUT2D eigenvalue weighted by molar-refractivity contribution is 5.97. The zero-order valence-electron chi connectivity index (χ0n) is 13.6. The summed E-state index contributed by atoms with van der Waals surface area (Å²) in [5.74, 6) is 0. The molecule has 0 spiro atoms. The first kappa shape index (κ1) is 15.2. The number of aromatic nitrogens is 1. The van der Waals surface area contributed by atoms with Crippen LogP contribution in [0.3, 0.4) is 0 Å². The number of aryl methyl sites for hydroxylation is 3. The van der Waals surface area contributed by atoms with Crippen LogP contribution in [0.15, 0.2) is 48.7 Å². The van der Waals surface area contributed by atoms with E-state index >= 15 is 0 Å². The molecule has 1 heteroatoms. The van der Waals surface area contributed by atoms with E-state index in [1.54, 1.807) is 0 Å². The summed E-state index contributed by atoms with van der Waals surface area (Å²) in [7, 11) is 0. The van der Waals surface area contributed by atoms with Gasteiger partial charge in [0.25, 0.3) is 0 Å². The lowest BCUT2D eigenvalue weighted by Gasteiger charge is -2.13. The van der Waals surface area contributed by atoms with Crippen molar-refractivity contribution in [2.24, 2.45) is 0 Å². The van der Waals surface area contributed by atoms with Crippen molar-refractivity contribution in [2.45, 2.75) is 34.6 Å². The Balaban J connectivity index is 0.000000774. The average Bonchev–Trinajstić information content (AvgIpc) is 2.54. The Morgan fingerprint density at radius 1 is 0.762 bits per heavy atom. The molecule has 2 aromatic carbocycles. The normalized spacial score (nSPS) is 10.1. The van der Waals surface area contributed by atoms with Crippen LogP contribution in [0.25, 0.3) is 22.0 Å². The van der Waals surface area contributed by atoms with Gasteiger partial charge < -0.3 is 0 Å². The molecule has 0 fully saturated rings. The second-order valence-corrected chi connectivity index (χ2v) is 5.08. The number of fused-ring (bicyclic) bond motifs is 1. The molecule has 1 aromatic heterocycles. The third kappa shape index (κ3) is 2.82. The van der Waals surface area contributed by atoms with Gasteiger partial charge in [-0.15, -0.1) is 0 Å². The fraction of sp³-hybridized carbons (Fsp3) is 0.250. The molecule has 0 saturated carbocycles. The minimum absolute atomic E-state index is 1.11. The van der Waals surface area contributed by atoms with Crippen molar-refractivity contribution in [3.05, 3.63) is 65.4 Å². The highest BCUT2D eigenvalue weighted by Gasteiger charge is 2.10. The largest absolute Gasteiger partial charge is 0.256 e. The number of nitrogens with zero attached hydrogens (tertiary/aromatic N) is 1. The summed E-state index contributed by atoms with van der Waals surface area (Å²) >= 11 is 0. The van der Waals surface area contributed by atoms with E-state index in [1.165, 1.54) is 33.2 Å². The molecular weight excluding hydrogens is 254 g/mol. The lowest BCUT2D eigenvalue weighted by molar-refractivity contribution is 1.31. The molecule has 0 atom stereocenters. The minimum atomic E-state index is 1.11. The fourth-order valence-corrected chi connectivity index (χ4v) is 2.61. The number of hydrogen-bond acceptors (Lipinski definition) is 1. The van der Waals surface area contributed by atoms with Crippen molar-refractivity contribution < 1.29 is 0 Å². The summed E-state index contributed by atoms with van der Waals surface area (Å²) in [4.78, 5) is 4.56. The topological polar surface area (TPSA) is 12.9 Å². The van der Waals surface area contributed by atoms with E-state index in [0.29, 0.717) is 0 Å². The number of benzene rings is 2. The molecule has 0 aliphatic heterocycles. The Kier molecular flexibility index (Phi) is 4.74. The van der Waals surface area contributed by atoms with Gasteiger partial charge in [0, 0.05) is 11.6 Å². The Morgan fingerprint density at radius 2 is 1.48 bits per heavy atom. The predicted octanol–water partition coefficient (Wildman–Crippen LogP) is 5.85. The van der Waals surface area contributed by atoms with Crippen molar-refractivity contribution in [2.75, 3.05) is 0 Å². The van der Waals surface area contributed by atoms with Gasteiger partial charge in [0.2, 0.25) is 0 Å². The highest BCUT2D eigenvalue weighted by Crippen LogP contribution is 2.33. The van der Waals surface area contributed by atoms with Crippen molar-refractivity contribution >= 4 is 10.9 Å². The van der Waals surface area contributed by atoms with Crippen molar-refractivity contribution in [1.82, 2.24) is 4.98 Å². The third-order valence-corrected chi connectivity index (χ3v) is 3.84. The van der Waals surface area contributed by atoms with Crippen LogP contribution in [0.4, 0.5) is 0 Å². The maximum atomic E-state index is 4.56. The lowest BCUT2D eigenvalue weighted by atomic mass is 9.93. The van der Waals surface area contributed by atoms with Crippen LogP contribution >= 0.6 is 0 Å². The molecule has 3 rings (SSSR count). The molecule has 1 heterocycles. The van der Waals surface area contributed by atoms with Crippen LogP contribution in [0, 0.1) is 20.8 Å². The number of hydrogen-bond donors (Lipinski definition) is 0. The maximum absolute atomic E-state index is 4.56. The smallest absolute Gasteiger partial charge is 0.0739 e. The van der Waals surface area contributed by atoms with Crippen molar-refractivity contribution in [3.63, 3.8) is 0 Å². The van der Waals surface area contributed by atoms with Crippen LogP contribution in [0.1, 0.15) is 30.5 Å². The Hall–Kier alpha value is -2.15. The first-order chi connectivity index (χ1) is 10.2. The molecule has 1 nitrogen and oxygen atoms in total. The van der Waals surface area contributed by atoms with E-state index in [0.717, 1.165) is 5.52 Å². The SMILES string of the molecule is CC.Cc1ccccc1-c1cc(C)c(C)c2ncccc12. The van der Waals surface area contributed by atoms with E-state index < -0.39 is 0 Å². The van der Waals surface area contributed by atoms with Crippen molar-refractivity contribution in [3.8, 4) is 11.1 Å². The zero-order valence-corrected chi connectivity index (χ0v) is 13.6. The van der Waals surface area contributed by atoms with E-state index in [1.807, 2.05) is 26.1 Å². The molecule has 3 aromatic rings. The van der Waals surface area contributed by atoms with E-state index in [2.05, 4.69) is 62.2 Å². The molecule has 0 bridgehead atoms. The average molecular weight is 277 g/mol. The zero-order chi connectivity index (χ0) is 15.4. The summed E-state index contributed by atoms with van der Waals surface area (Å²) in [6.45, 7) is 10.5. The van der Waals surface area contributed by atoms with Crippen LogP contribution in [0.5, 0.6) is 0 Å². The molecule has 21 heavy (non-hydrogen) atoms. The molecule has 0 amide bonds. The summed E-state index contributed by atoms with van der Waals surface area (Å²) < 4.78 is 0. The standard InChI is InChI=1S/C18H17N.C2H6/c1-12-7-4-5-8-15(12)17-11-13(2)14(3)18-16(17)9-6-10-19-18;1-2/h4-11H,1-3H3;1-2H3. The molecule has 0 unspecified atom stereocenters. The summed E-state index contributed by atoms with van der Waals surface area (Å²) in [6.07, 6.45) is 1.87. The van der Waals surface area contributed by atoms with Gasteiger partial charge in [-0.1, -0.05) is 50.2 Å². The Morgan fingerprint density at radius 3 is 2.19 bits per heavy atom. The van der Waals surface area contributed by atoms with Gasteiger partial charge in [-0.25, -0.2) is 0 Å². The highest BCUT2D eigenvalue weighted by atomic mass is 14.6. The van der Waals surface area contributed by atoms with E-state index in [9.17, 15) is 0 Å². The first-order valence-electron chi connectivity index (χ1n) is 7.59. The Labute approximate surface area is 127 Å². The van der Waals surface area contributed by atoms with Crippen LogP contribution in [0.2, 0.25) is 0 Å². The van der Waals surface area contributed by atoms with E-state index in [-0.39, 0.29) is 0 Å². The monoisotopic (exact) mass is 277 g/mol. The number of rotatable bonds is 1. The van der Waals surface area contributed by atoms with Crippen molar-refractivity contribution in [1.29, 1.82) is 0 Å². The van der Waals surface area contributed by atoms with Gasteiger partial charge in [0.15, 0.2) is 0 Å². The van der Waals surface area contributed by atoms with Crippen LogP contribution < -0.4 is 0 Å². The van der Waals surface area contributed by atoms with Gasteiger partial charge >= 0.3 is 0 Å². The van der Waals surface area contributed by atoms with E-state index in [4.69, 9.17) is 0 Å². The van der Waals surface area contributed by atoms with Gasteiger partial charge in [0.1, 0.15) is 0 Å². The second kappa shape index (κ2) is 6.53. The fourth-order valence-electron chi connectivity index (χ4n) is 2.61. The van der Waals surface area contributed by atoms with Gasteiger partial charge in [-0.2, -0.15) is 0 Å². The second-order valence-electron chi connectivity index (χ2n) is 5.08. The molecule has 108 valence electrons. The minimum Gasteiger partial charge on any atom is -0.256 e. The molecular formula is C20H23N. The van der Waals surface area contributed by atoms with Gasteiger partial charge in [0.05, 0.1) is 5.52 Å². The summed E-state index contributed by atoms with van der Waals surface area (Å²) in [5.41, 5.74) is 7.56. The summed E-state index contributed by atoms with van der Waals surface area (Å²) in [5, 5.41) is 1.24. The molecule has 0 aliphatic carbocycles. The number of pyridine rings is 1. The predicted molar refractivity (Wildman–Crippen MR) is 92.7 cm³/mol. The maximum Gasteiger partial charge on any atom is 0.0739 e. The van der Waals surface area contributed by atoms with Gasteiger partial charge in [-0.05, 0) is 54.7 Å². The molecule has 0 N–H and O–H groups in total.